The van der Waals surface area contributed by atoms with Crippen molar-refractivity contribution in [1.29, 1.82) is 0 Å². The summed E-state index contributed by atoms with van der Waals surface area (Å²) in [6.07, 6.45) is 0. The summed E-state index contributed by atoms with van der Waals surface area (Å²) < 4.78 is 29.6. The fourth-order valence-electron chi connectivity index (χ4n) is 2.45. The molecule has 0 aliphatic heterocycles. The molecule has 29 heavy (non-hydrogen) atoms. The van der Waals surface area contributed by atoms with Gasteiger partial charge in [0.25, 0.3) is 5.91 Å². The Morgan fingerprint density at radius 2 is 1.90 bits per heavy atom. The molecule has 0 heterocycles. The zero-order valence-corrected chi connectivity index (χ0v) is 18.9. The van der Waals surface area contributed by atoms with Crippen molar-refractivity contribution in [3.8, 4) is 5.75 Å². The van der Waals surface area contributed by atoms with Crippen LogP contribution in [-0.2, 0) is 13.1 Å². The molecule has 6 nitrogen and oxygen atoms in total. The predicted octanol–water partition coefficient (Wildman–Crippen LogP) is 3.78. The van der Waals surface area contributed by atoms with Crippen molar-refractivity contribution < 1.29 is 18.3 Å². The van der Waals surface area contributed by atoms with E-state index in [-0.39, 0.29) is 42.2 Å². The number of carbonyl (C=O) groups is 1. The van der Waals surface area contributed by atoms with Crippen LogP contribution < -0.4 is 20.7 Å². The fraction of sp³-hybridized carbons (Fsp3) is 0.263. The van der Waals surface area contributed by atoms with Crippen LogP contribution >= 0.6 is 35.6 Å². The van der Waals surface area contributed by atoms with Crippen molar-refractivity contribution in [3.63, 3.8) is 0 Å². The van der Waals surface area contributed by atoms with Gasteiger partial charge in [-0.05, 0) is 35.9 Å². The van der Waals surface area contributed by atoms with Crippen molar-refractivity contribution >= 4 is 47.4 Å². The van der Waals surface area contributed by atoms with Crippen molar-refractivity contribution in [2.75, 3.05) is 14.1 Å². The molecule has 10 heteroatoms. The van der Waals surface area contributed by atoms with Crippen LogP contribution in [0.3, 0.4) is 0 Å². The molecule has 0 saturated heterocycles. The zero-order valence-electron chi connectivity index (χ0n) is 15.8. The van der Waals surface area contributed by atoms with E-state index >= 15 is 0 Å². The monoisotopic (exact) mass is 538 g/mol. The molecule has 0 saturated carbocycles. The second kappa shape index (κ2) is 12.4. The zero-order chi connectivity index (χ0) is 20.5. The number of amides is 1. The van der Waals surface area contributed by atoms with E-state index in [1.807, 2.05) is 6.07 Å². The Bertz CT molecular complexity index is 853. The summed E-state index contributed by atoms with van der Waals surface area (Å²) in [6, 6.07) is 11.6. The third-order valence-corrected chi connectivity index (χ3v) is 4.02. The van der Waals surface area contributed by atoms with E-state index in [1.165, 1.54) is 12.1 Å². The summed E-state index contributed by atoms with van der Waals surface area (Å²) in [6.45, 7) is -2.33. The number of hydrogen-bond donors (Lipinski definition) is 3. The molecule has 2 aromatic carbocycles. The first-order valence-corrected chi connectivity index (χ1v) is 8.79. The number of carbonyl (C=O) groups excluding carboxylic acids is 1. The molecular formula is C19H22ClF2IN4O2. The van der Waals surface area contributed by atoms with Gasteiger partial charge in [-0.15, -0.1) is 24.0 Å². The number of nitrogens with zero attached hydrogens (tertiary/aromatic N) is 1. The molecular weight excluding hydrogens is 517 g/mol. The van der Waals surface area contributed by atoms with Gasteiger partial charge in [0, 0.05) is 43.3 Å². The van der Waals surface area contributed by atoms with Gasteiger partial charge in [0.15, 0.2) is 5.96 Å². The predicted molar refractivity (Wildman–Crippen MR) is 120 cm³/mol. The Labute approximate surface area is 190 Å². The maximum absolute atomic E-state index is 12.5. The largest absolute Gasteiger partial charge is 0.434 e. The average molecular weight is 539 g/mol. The van der Waals surface area contributed by atoms with Gasteiger partial charge in [-0.3, -0.25) is 9.79 Å². The second-order valence-electron chi connectivity index (χ2n) is 5.69. The minimum atomic E-state index is -2.93. The van der Waals surface area contributed by atoms with E-state index in [1.54, 1.807) is 38.4 Å². The lowest BCUT2D eigenvalue weighted by molar-refractivity contribution is -0.0504. The van der Waals surface area contributed by atoms with E-state index < -0.39 is 6.61 Å². The lowest BCUT2D eigenvalue weighted by atomic mass is 10.1. The van der Waals surface area contributed by atoms with E-state index in [0.29, 0.717) is 28.7 Å². The van der Waals surface area contributed by atoms with Crippen molar-refractivity contribution in [1.82, 2.24) is 16.0 Å². The summed E-state index contributed by atoms with van der Waals surface area (Å²) in [5.74, 6) is 0.325. The Balaban J connectivity index is 0.00000420. The van der Waals surface area contributed by atoms with Gasteiger partial charge in [-0.1, -0.05) is 23.7 Å². The van der Waals surface area contributed by atoms with Gasteiger partial charge in [-0.25, -0.2) is 0 Å². The first-order valence-electron chi connectivity index (χ1n) is 8.41. The van der Waals surface area contributed by atoms with Gasteiger partial charge in [0.2, 0.25) is 0 Å². The standard InChI is InChI=1S/C19H21ClF2N4O2.HI/c1-23-17(27)13-5-3-4-12(8-13)10-25-19(24-2)26-11-14-9-15(20)6-7-16(14)28-18(21)22;/h3-9,18H,10-11H2,1-2H3,(H,23,27)(H2,24,25,26);1H. The van der Waals surface area contributed by atoms with Crippen LogP contribution in [0.25, 0.3) is 0 Å². The number of aliphatic imine (C=N–C) groups is 1. The maximum atomic E-state index is 12.5. The van der Waals surface area contributed by atoms with Gasteiger partial charge >= 0.3 is 6.61 Å². The van der Waals surface area contributed by atoms with E-state index in [2.05, 4.69) is 25.7 Å². The van der Waals surface area contributed by atoms with Crippen LogP contribution in [-0.4, -0.2) is 32.6 Å². The molecule has 3 N–H and O–H groups in total. The molecule has 158 valence electrons. The third-order valence-electron chi connectivity index (χ3n) is 3.78. The maximum Gasteiger partial charge on any atom is 0.387 e. The van der Waals surface area contributed by atoms with Gasteiger partial charge in [0.05, 0.1) is 0 Å². The number of benzene rings is 2. The summed E-state index contributed by atoms with van der Waals surface area (Å²) in [4.78, 5) is 15.8. The van der Waals surface area contributed by atoms with Crippen LogP contribution in [0.15, 0.2) is 47.5 Å². The Morgan fingerprint density at radius 1 is 1.17 bits per heavy atom. The number of ether oxygens (including phenoxy) is 1. The van der Waals surface area contributed by atoms with Crippen LogP contribution in [0.1, 0.15) is 21.5 Å². The number of alkyl halides is 2. The lowest BCUT2D eigenvalue weighted by Gasteiger charge is -2.15. The van der Waals surface area contributed by atoms with Crippen molar-refractivity contribution in [3.05, 3.63) is 64.2 Å². The summed E-state index contributed by atoms with van der Waals surface area (Å²) in [5, 5.41) is 9.11. The number of nitrogens with one attached hydrogen (secondary N) is 3. The SMILES string of the molecule is CN=C(NCc1cccc(C(=O)NC)c1)NCc1cc(Cl)ccc1OC(F)F.I. The van der Waals surface area contributed by atoms with E-state index in [4.69, 9.17) is 11.6 Å². The van der Waals surface area contributed by atoms with Gasteiger partial charge in [-0.2, -0.15) is 8.78 Å². The highest BCUT2D eigenvalue weighted by molar-refractivity contribution is 14.0. The highest BCUT2D eigenvalue weighted by atomic mass is 127. The molecule has 1 amide bonds. The first kappa shape index (κ1) is 24.9. The van der Waals surface area contributed by atoms with Crippen LogP contribution in [0.4, 0.5) is 8.78 Å². The molecule has 0 radical (unpaired) electrons. The molecule has 0 bridgehead atoms. The van der Waals surface area contributed by atoms with Crippen LogP contribution in [0.5, 0.6) is 5.75 Å². The highest BCUT2D eigenvalue weighted by Gasteiger charge is 2.11. The van der Waals surface area contributed by atoms with Crippen LogP contribution in [0.2, 0.25) is 5.02 Å². The smallest absolute Gasteiger partial charge is 0.387 e. The fourth-order valence-corrected chi connectivity index (χ4v) is 2.64. The molecule has 0 aliphatic carbocycles. The second-order valence-corrected chi connectivity index (χ2v) is 6.13. The van der Waals surface area contributed by atoms with Crippen molar-refractivity contribution in [2.45, 2.75) is 19.7 Å². The first-order chi connectivity index (χ1) is 13.4. The van der Waals surface area contributed by atoms with Gasteiger partial charge in [0.1, 0.15) is 5.75 Å². The normalized spacial score (nSPS) is 10.9. The lowest BCUT2D eigenvalue weighted by Crippen LogP contribution is -2.36. The van der Waals surface area contributed by atoms with Crippen molar-refractivity contribution in [2.24, 2.45) is 4.99 Å². The van der Waals surface area contributed by atoms with Crippen LogP contribution in [0, 0.1) is 0 Å². The third kappa shape index (κ3) is 8.01. The minimum absolute atomic E-state index is 0. The Kier molecular flexibility index (Phi) is 10.7. The molecule has 0 aliphatic rings. The van der Waals surface area contributed by atoms with E-state index in [0.717, 1.165) is 5.56 Å². The highest BCUT2D eigenvalue weighted by Crippen LogP contribution is 2.24. The molecule has 2 rings (SSSR count). The molecule has 0 unspecified atom stereocenters. The number of halogens is 4. The summed E-state index contributed by atoms with van der Waals surface area (Å²) in [5.41, 5.74) is 1.91. The summed E-state index contributed by atoms with van der Waals surface area (Å²) in [7, 11) is 3.16. The minimum Gasteiger partial charge on any atom is -0.434 e. The molecule has 2 aromatic rings. The Hall–Kier alpha value is -2.14. The van der Waals surface area contributed by atoms with E-state index in [9.17, 15) is 13.6 Å². The molecule has 0 spiro atoms. The quantitative estimate of drug-likeness (QED) is 0.285. The Morgan fingerprint density at radius 3 is 2.55 bits per heavy atom. The van der Waals surface area contributed by atoms with Gasteiger partial charge < -0.3 is 20.7 Å². The topological polar surface area (TPSA) is 74.8 Å². The molecule has 0 fully saturated rings. The average Bonchev–Trinajstić information content (AvgIpc) is 2.69. The molecule has 0 atom stereocenters. The number of guanidine groups is 1. The number of rotatable bonds is 7. The molecule has 0 aromatic heterocycles. The summed E-state index contributed by atoms with van der Waals surface area (Å²) >= 11 is 5.95. The number of hydrogen-bond acceptors (Lipinski definition) is 3.